The van der Waals surface area contributed by atoms with Crippen molar-refractivity contribution in [2.45, 2.75) is 6.92 Å². The van der Waals surface area contributed by atoms with Crippen molar-refractivity contribution in [1.82, 2.24) is 0 Å². The van der Waals surface area contributed by atoms with Crippen molar-refractivity contribution >= 4 is 5.97 Å². The molecule has 0 fully saturated rings. The second kappa shape index (κ2) is 5.19. The third kappa shape index (κ3) is 2.37. The molecular weight excluding hydrogens is 293 g/mol. The molecule has 0 N–H and O–H groups in total. The predicted molar refractivity (Wildman–Crippen MR) is 37.6 cm³/mol. The van der Waals surface area contributed by atoms with Crippen molar-refractivity contribution in [1.29, 1.82) is 0 Å². The fourth-order valence-corrected chi connectivity index (χ4v) is 0.845. The van der Waals surface area contributed by atoms with E-state index in [0.29, 0.717) is 0 Å². The first-order valence-electron chi connectivity index (χ1n) is 3.35. The van der Waals surface area contributed by atoms with Crippen molar-refractivity contribution in [3.8, 4) is 0 Å². The van der Waals surface area contributed by atoms with E-state index in [1.807, 2.05) is 0 Å². The predicted octanol–water partition coefficient (Wildman–Crippen LogP) is 2.31. The molecule has 1 rings (SSSR count). The average Bonchev–Trinajstić information content (AvgIpc) is 2.13. The summed E-state index contributed by atoms with van der Waals surface area (Å²) in [6.45, 7) is 1.32. The van der Waals surface area contributed by atoms with Crippen LogP contribution in [0.25, 0.3) is 0 Å². The van der Waals surface area contributed by atoms with Crippen LogP contribution in [0, 0.1) is 18.6 Å². The smallest absolute Gasteiger partial charge is 0.249 e. The van der Waals surface area contributed by atoms with Gasteiger partial charge in [0.05, 0.1) is 0 Å². The van der Waals surface area contributed by atoms with E-state index in [1.165, 1.54) is 6.92 Å². The second-order valence-electron chi connectivity index (χ2n) is 2.42. The standard InChI is InChI=1S/C8H5F3O2.Ag/c1-4-2-3-5(8(12)13-11)7(10)6(4)9;/h2-3H,1H3;. The quantitative estimate of drug-likeness (QED) is 0.744. The van der Waals surface area contributed by atoms with E-state index in [2.05, 4.69) is 4.94 Å². The van der Waals surface area contributed by atoms with Crippen LogP contribution < -0.4 is 0 Å². The zero-order valence-electron chi connectivity index (χ0n) is 6.91. The molecule has 0 atom stereocenters. The van der Waals surface area contributed by atoms with Crippen molar-refractivity contribution in [3.05, 3.63) is 34.9 Å². The van der Waals surface area contributed by atoms with Crippen molar-refractivity contribution in [3.63, 3.8) is 0 Å². The summed E-state index contributed by atoms with van der Waals surface area (Å²) in [5.74, 6) is -4.12. The van der Waals surface area contributed by atoms with Gasteiger partial charge in [0, 0.05) is 26.9 Å². The van der Waals surface area contributed by atoms with Crippen LogP contribution in [0.15, 0.2) is 12.1 Å². The Bertz CT molecular complexity index is 355. The van der Waals surface area contributed by atoms with Gasteiger partial charge in [-0.05, 0) is 18.6 Å². The molecule has 1 aromatic rings. The third-order valence-electron chi connectivity index (χ3n) is 1.57. The van der Waals surface area contributed by atoms with Gasteiger partial charge < -0.3 is 0 Å². The van der Waals surface area contributed by atoms with Gasteiger partial charge in [-0.15, -0.1) is 0 Å². The van der Waals surface area contributed by atoms with Crippen molar-refractivity contribution in [2.24, 2.45) is 0 Å². The van der Waals surface area contributed by atoms with Crippen LogP contribution in [-0.2, 0) is 27.3 Å². The van der Waals surface area contributed by atoms with Crippen LogP contribution in [0.5, 0.6) is 0 Å². The first-order chi connectivity index (χ1) is 6.07. The number of benzene rings is 1. The number of carbonyl (C=O) groups excluding carboxylic acids is 1. The monoisotopic (exact) mass is 297 g/mol. The fourth-order valence-electron chi connectivity index (χ4n) is 0.845. The molecule has 0 saturated carbocycles. The zero-order chi connectivity index (χ0) is 10.0. The van der Waals surface area contributed by atoms with Crippen LogP contribution >= 0.6 is 0 Å². The van der Waals surface area contributed by atoms with Gasteiger partial charge in [0.2, 0.25) is 0 Å². The van der Waals surface area contributed by atoms with Crippen molar-refractivity contribution < 1.29 is 45.4 Å². The van der Waals surface area contributed by atoms with E-state index < -0.39 is 23.2 Å². The minimum atomic E-state index is -1.55. The summed E-state index contributed by atoms with van der Waals surface area (Å²) >= 11 is 0. The maximum absolute atomic E-state index is 12.9. The van der Waals surface area contributed by atoms with Gasteiger partial charge in [-0.1, -0.05) is 6.07 Å². The minimum Gasteiger partial charge on any atom is -0.249 e. The van der Waals surface area contributed by atoms with E-state index in [9.17, 15) is 18.1 Å². The molecule has 0 aromatic heterocycles. The Kier molecular flexibility index (Phi) is 4.90. The van der Waals surface area contributed by atoms with Gasteiger partial charge in [-0.2, -0.15) is 0 Å². The molecule has 0 saturated heterocycles. The van der Waals surface area contributed by atoms with E-state index >= 15 is 0 Å². The Hall–Kier alpha value is -0.780. The normalized spacial score (nSPS) is 9.14. The largest absolute Gasteiger partial charge is 0.382 e. The van der Waals surface area contributed by atoms with Gasteiger partial charge in [0.1, 0.15) is 5.56 Å². The minimum absolute atomic E-state index is 0. The summed E-state index contributed by atoms with van der Waals surface area (Å²) in [6.07, 6.45) is 0. The molecule has 81 valence electrons. The molecule has 0 amide bonds. The molecule has 0 bridgehead atoms. The Morgan fingerprint density at radius 2 is 1.86 bits per heavy atom. The molecule has 2 nitrogen and oxygen atoms in total. The molecule has 0 aliphatic rings. The molecule has 0 heterocycles. The number of halogens is 3. The van der Waals surface area contributed by atoms with Crippen LogP contribution in [0.4, 0.5) is 13.3 Å². The molecule has 0 aliphatic carbocycles. The van der Waals surface area contributed by atoms with Crippen LogP contribution in [0.2, 0.25) is 0 Å². The maximum atomic E-state index is 12.9. The van der Waals surface area contributed by atoms with Crippen molar-refractivity contribution in [2.75, 3.05) is 0 Å². The van der Waals surface area contributed by atoms with Gasteiger partial charge in [-0.25, -0.2) is 18.5 Å². The average molecular weight is 298 g/mol. The zero-order valence-corrected chi connectivity index (χ0v) is 8.39. The van der Waals surface area contributed by atoms with Gasteiger partial charge in [0.25, 0.3) is 0 Å². The summed E-state index contributed by atoms with van der Waals surface area (Å²) in [6, 6.07) is 2.11. The summed E-state index contributed by atoms with van der Waals surface area (Å²) in [5.41, 5.74) is -0.724. The van der Waals surface area contributed by atoms with Gasteiger partial charge in [0.15, 0.2) is 11.6 Å². The molecule has 1 radical (unpaired) electrons. The summed E-state index contributed by atoms with van der Waals surface area (Å²) in [5, 5.41) is 0. The Morgan fingerprint density at radius 3 is 2.36 bits per heavy atom. The van der Waals surface area contributed by atoms with Crippen LogP contribution in [-0.4, -0.2) is 5.97 Å². The molecule has 0 unspecified atom stereocenters. The van der Waals surface area contributed by atoms with Gasteiger partial charge in [-0.3, -0.25) is 0 Å². The topological polar surface area (TPSA) is 26.3 Å². The third-order valence-corrected chi connectivity index (χ3v) is 1.57. The Labute approximate surface area is 93.5 Å². The molecule has 14 heavy (non-hydrogen) atoms. The number of hydrogen-bond acceptors (Lipinski definition) is 2. The van der Waals surface area contributed by atoms with E-state index in [4.69, 9.17) is 0 Å². The summed E-state index contributed by atoms with van der Waals surface area (Å²) in [4.78, 5) is 13.3. The van der Waals surface area contributed by atoms with E-state index in [1.54, 1.807) is 0 Å². The fraction of sp³-hybridized carbons (Fsp3) is 0.125. The summed E-state index contributed by atoms with van der Waals surface area (Å²) in [7, 11) is 0. The molecule has 0 spiro atoms. The van der Waals surface area contributed by atoms with Crippen LogP contribution in [0.1, 0.15) is 15.9 Å². The Balaban J connectivity index is 0.00000169. The SMILES string of the molecule is Cc1ccc(C(=O)OF)c(F)c1F.[Ag]. The molecule has 6 heteroatoms. The molecular formula is C8H5AgF3O2. The number of rotatable bonds is 1. The van der Waals surface area contributed by atoms with Gasteiger partial charge >= 0.3 is 5.97 Å². The second-order valence-corrected chi connectivity index (χ2v) is 2.42. The molecule has 0 aliphatic heterocycles. The maximum Gasteiger partial charge on any atom is 0.382 e. The number of hydrogen-bond donors (Lipinski definition) is 0. The first-order valence-corrected chi connectivity index (χ1v) is 3.35. The number of aryl methyl sites for hydroxylation is 1. The Morgan fingerprint density at radius 1 is 1.29 bits per heavy atom. The van der Waals surface area contributed by atoms with E-state index in [0.717, 1.165) is 12.1 Å². The number of carbonyl (C=O) groups is 1. The summed E-state index contributed by atoms with van der Waals surface area (Å²) < 4.78 is 37.0. The van der Waals surface area contributed by atoms with E-state index in [-0.39, 0.29) is 27.9 Å². The molecule has 1 aromatic carbocycles. The van der Waals surface area contributed by atoms with Crippen LogP contribution in [0.3, 0.4) is 0 Å². The first kappa shape index (κ1) is 13.2.